The fraction of sp³-hybridized carbons (Fsp3) is 0.700. The second kappa shape index (κ2) is 9.19. The Bertz CT molecular complexity index is 709. The first-order valence-corrected chi connectivity index (χ1v) is 9.73. The number of halogens is 3. The maximum atomic E-state index is 12.9. The Hall–Kier alpha value is -2.03. The molecule has 0 bridgehead atoms. The molecule has 6 nitrogen and oxygen atoms in total. The molecule has 0 N–H and O–H groups in total. The van der Waals surface area contributed by atoms with Crippen molar-refractivity contribution < 1.29 is 27.7 Å². The van der Waals surface area contributed by atoms with E-state index < -0.39 is 11.7 Å². The lowest BCUT2D eigenvalue weighted by atomic mass is 9.95. The number of aryl methyl sites for hydroxylation is 1. The number of hydrazine groups is 1. The largest absolute Gasteiger partial charge is 0.569 e. The minimum atomic E-state index is -4.36. The van der Waals surface area contributed by atoms with E-state index in [-0.39, 0.29) is 24.4 Å². The van der Waals surface area contributed by atoms with E-state index in [1.54, 1.807) is 20.0 Å². The van der Waals surface area contributed by atoms with Gasteiger partial charge in [-0.05, 0) is 71.1 Å². The van der Waals surface area contributed by atoms with Crippen molar-refractivity contribution in [2.75, 3.05) is 7.05 Å². The van der Waals surface area contributed by atoms with Crippen LogP contribution in [0.25, 0.3) is 0 Å². The van der Waals surface area contributed by atoms with Gasteiger partial charge in [-0.2, -0.15) is 13.2 Å². The Kier molecular flexibility index (Phi) is 7.37. The van der Waals surface area contributed by atoms with Crippen LogP contribution in [-0.2, 0) is 22.4 Å². The van der Waals surface area contributed by atoms with Crippen LogP contribution >= 0.6 is 0 Å². The molecule has 1 aromatic rings. The van der Waals surface area contributed by atoms with Crippen molar-refractivity contribution in [3.05, 3.63) is 40.1 Å². The zero-order valence-corrected chi connectivity index (χ0v) is 17.6. The van der Waals surface area contributed by atoms with Crippen LogP contribution in [0, 0.1) is 12.1 Å². The average molecular weight is 417 g/mol. The fourth-order valence-electron chi connectivity index (χ4n) is 3.05. The number of benzene rings is 1. The molecule has 0 aliphatic heterocycles. The summed E-state index contributed by atoms with van der Waals surface area (Å²) in [5.74, 6) is 0. The molecule has 1 aliphatic rings. The Morgan fingerprint density at radius 2 is 1.69 bits per heavy atom. The van der Waals surface area contributed by atoms with Crippen molar-refractivity contribution in [1.29, 1.82) is 0 Å². The Labute approximate surface area is 169 Å². The van der Waals surface area contributed by atoms with Gasteiger partial charge in [0, 0.05) is 0 Å². The maximum Gasteiger partial charge on any atom is 0.416 e. The monoisotopic (exact) mass is 417 g/mol. The standard InChI is InChI=1S/C20H30F3N3O3/c1-14-10-15(12-16(11-14)20(21,22)23)13-28-17-6-8-18(9-7-17)29-24-26(27)25(5)19(2,3)4/h10-12,17-18H,6-9,13H2,1-5H3/b26-24-/t17-,18+. The lowest BCUT2D eigenvalue weighted by molar-refractivity contribution is -0.720. The van der Waals surface area contributed by atoms with E-state index in [0.29, 0.717) is 41.8 Å². The molecule has 29 heavy (non-hydrogen) atoms. The predicted octanol–water partition coefficient (Wildman–Crippen LogP) is 5.38. The van der Waals surface area contributed by atoms with Gasteiger partial charge in [0.1, 0.15) is 6.10 Å². The van der Waals surface area contributed by atoms with Gasteiger partial charge in [-0.1, -0.05) is 11.6 Å². The lowest BCUT2D eigenvalue weighted by Crippen LogP contribution is -2.42. The van der Waals surface area contributed by atoms with Gasteiger partial charge in [0.05, 0.1) is 35.8 Å². The Morgan fingerprint density at radius 3 is 2.24 bits per heavy atom. The zero-order valence-electron chi connectivity index (χ0n) is 17.6. The molecular formula is C20H30F3N3O3. The number of hydrogen-bond acceptors (Lipinski definition) is 4. The summed E-state index contributed by atoms with van der Waals surface area (Å²) in [5, 5.41) is 17.0. The van der Waals surface area contributed by atoms with Crippen molar-refractivity contribution >= 4 is 0 Å². The smallest absolute Gasteiger partial charge is 0.416 e. The van der Waals surface area contributed by atoms with E-state index in [4.69, 9.17) is 9.57 Å². The highest BCUT2D eigenvalue weighted by Crippen LogP contribution is 2.31. The second-order valence-corrected chi connectivity index (χ2v) is 8.55. The molecule has 0 unspecified atom stereocenters. The van der Waals surface area contributed by atoms with Gasteiger partial charge in [-0.15, -0.1) is 5.01 Å². The third-order valence-corrected chi connectivity index (χ3v) is 5.06. The van der Waals surface area contributed by atoms with Crippen molar-refractivity contribution in [2.45, 2.75) is 83.9 Å². The van der Waals surface area contributed by atoms with E-state index in [0.717, 1.165) is 12.1 Å². The third kappa shape index (κ3) is 7.06. The van der Waals surface area contributed by atoms with Crippen LogP contribution in [0.2, 0.25) is 0 Å². The van der Waals surface area contributed by atoms with Gasteiger partial charge in [-0.25, -0.2) is 0 Å². The molecule has 1 aliphatic carbocycles. The molecule has 0 amide bonds. The molecule has 0 radical (unpaired) electrons. The number of rotatable bonds is 6. The van der Waals surface area contributed by atoms with Crippen molar-refractivity contribution in [1.82, 2.24) is 5.01 Å². The highest BCUT2D eigenvalue weighted by Gasteiger charge is 2.31. The second-order valence-electron chi connectivity index (χ2n) is 8.55. The number of alkyl halides is 3. The van der Waals surface area contributed by atoms with Crippen LogP contribution in [0.5, 0.6) is 0 Å². The number of hydrogen-bond donors (Lipinski definition) is 0. The quantitative estimate of drug-likeness (QED) is 0.354. The summed E-state index contributed by atoms with van der Waals surface area (Å²) in [7, 11) is 1.64. The molecule has 0 spiro atoms. The first kappa shape index (κ1) is 23.3. The molecule has 2 rings (SSSR count). The lowest BCUT2D eigenvalue weighted by Gasteiger charge is -2.28. The molecule has 1 aromatic carbocycles. The molecule has 164 valence electrons. The summed E-state index contributed by atoms with van der Waals surface area (Å²) in [6, 6.07) is 3.97. The molecule has 0 heterocycles. The molecule has 1 saturated carbocycles. The van der Waals surface area contributed by atoms with Gasteiger partial charge in [0.25, 0.3) is 0 Å². The van der Waals surface area contributed by atoms with Gasteiger partial charge in [0.2, 0.25) is 5.28 Å². The molecular weight excluding hydrogens is 387 g/mol. The summed E-state index contributed by atoms with van der Waals surface area (Å²) in [4.78, 5) is 5.80. The van der Waals surface area contributed by atoms with Crippen LogP contribution in [0.4, 0.5) is 13.2 Å². The third-order valence-electron chi connectivity index (χ3n) is 5.06. The van der Waals surface area contributed by atoms with E-state index in [1.165, 1.54) is 5.01 Å². The summed E-state index contributed by atoms with van der Waals surface area (Å²) in [6.07, 6.45) is -1.85. The van der Waals surface area contributed by atoms with Crippen LogP contribution in [0.15, 0.2) is 23.5 Å². The fourth-order valence-corrected chi connectivity index (χ4v) is 3.05. The van der Waals surface area contributed by atoms with Crippen molar-refractivity contribution in [2.24, 2.45) is 5.28 Å². The Morgan fingerprint density at radius 1 is 1.10 bits per heavy atom. The Balaban J connectivity index is 1.81. The first-order valence-electron chi connectivity index (χ1n) is 9.73. The van der Waals surface area contributed by atoms with E-state index in [9.17, 15) is 18.4 Å². The first-order chi connectivity index (χ1) is 13.4. The van der Waals surface area contributed by atoms with Crippen molar-refractivity contribution in [3.8, 4) is 0 Å². The maximum absolute atomic E-state index is 12.9. The van der Waals surface area contributed by atoms with Crippen LogP contribution in [0.3, 0.4) is 0 Å². The predicted molar refractivity (Wildman–Crippen MR) is 102 cm³/mol. The minimum Gasteiger partial charge on any atom is -0.569 e. The van der Waals surface area contributed by atoms with E-state index in [2.05, 4.69) is 5.28 Å². The zero-order chi connectivity index (χ0) is 21.8. The molecule has 1 fully saturated rings. The molecule has 0 saturated heterocycles. The molecule has 9 heteroatoms. The highest BCUT2D eigenvalue weighted by molar-refractivity contribution is 5.30. The summed E-state index contributed by atoms with van der Waals surface area (Å²) in [6.45, 7) is 7.45. The van der Waals surface area contributed by atoms with Crippen LogP contribution in [-0.4, -0.2) is 34.8 Å². The van der Waals surface area contributed by atoms with Gasteiger partial charge in [0.15, 0.2) is 0 Å². The topological polar surface area (TPSA) is 60.1 Å². The van der Waals surface area contributed by atoms with Crippen molar-refractivity contribution in [3.63, 3.8) is 0 Å². The molecule has 0 atom stereocenters. The van der Waals surface area contributed by atoms with Crippen LogP contribution < -0.4 is 0 Å². The normalized spacial score (nSPS) is 21.2. The van der Waals surface area contributed by atoms with Gasteiger partial charge in [-0.3, -0.25) is 0 Å². The minimum absolute atomic E-state index is 0.0506. The molecule has 0 aromatic heterocycles. The van der Waals surface area contributed by atoms with Gasteiger partial charge >= 0.3 is 6.18 Å². The van der Waals surface area contributed by atoms with E-state index >= 15 is 0 Å². The summed E-state index contributed by atoms with van der Waals surface area (Å²) >= 11 is 0. The number of ether oxygens (including phenoxy) is 1. The summed E-state index contributed by atoms with van der Waals surface area (Å²) < 4.78 is 44.6. The average Bonchev–Trinajstić information content (AvgIpc) is 2.62. The van der Waals surface area contributed by atoms with Gasteiger partial charge < -0.3 is 14.8 Å². The van der Waals surface area contributed by atoms with Crippen LogP contribution in [0.1, 0.15) is 63.1 Å². The number of nitrogens with zero attached hydrogens (tertiary/aromatic N) is 3. The SMILES string of the molecule is Cc1cc(CO[C@H]2CC[C@@H](O/N=[N+](\[O-])N(C)C(C)(C)C)CC2)cc(C(F)(F)F)c1. The highest BCUT2D eigenvalue weighted by atomic mass is 19.4. The van der Waals surface area contributed by atoms with E-state index in [1.807, 2.05) is 20.8 Å². The summed E-state index contributed by atoms with van der Waals surface area (Å²) in [5.41, 5.74) is 0.0386.